The number of rotatable bonds is 6. The molecule has 11 heteroatoms. The topological polar surface area (TPSA) is 108 Å². The Morgan fingerprint density at radius 1 is 1.06 bits per heavy atom. The largest absolute Gasteiger partial charge is 0.372 e. The Labute approximate surface area is 186 Å². The molecule has 2 saturated heterocycles. The summed E-state index contributed by atoms with van der Waals surface area (Å²) in [6.45, 7) is 3.90. The van der Waals surface area contributed by atoms with Crippen LogP contribution in [0.15, 0.2) is 35.7 Å². The third-order valence-corrected chi connectivity index (χ3v) is 7.69. The summed E-state index contributed by atoms with van der Waals surface area (Å²) in [6, 6.07) is 3.02. The van der Waals surface area contributed by atoms with E-state index >= 15 is 0 Å². The van der Waals surface area contributed by atoms with Crippen LogP contribution in [0.1, 0.15) is 26.2 Å². The molecule has 2 aromatic rings. The first-order chi connectivity index (χ1) is 14.9. The minimum Gasteiger partial charge on any atom is -0.372 e. The van der Waals surface area contributed by atoms with Crippen molar-refractivity contribution in [1.29, 1.82) is 0 Å². The number of aromatic nitrogens is 3. The molecule has 2 fully saturated rings. The van der Waals surface area contributed by atoms with E-state index in [1.807, 2.05) is 4.90 Å². The third-order valence-electron chi connectivity index (χ3n) is 5.85. The molecular formula is C20H25ClN6O3S. The lowest BCUT2D eigenvalue weighted by Crippen LogP contribution is -2.47. The Morgan fingerprint density at radius 2 is 1.84 bits per heavy atom. The number of piperidine rings is 1. The maximum Gasteiger partial charge on any atom is 0.245 e. The zero-order valence-corrected chi connectivity index (χ0v) is 18.8. The molecule has 2 aliphatic rings. The number of likely N-dealkylation sites (tertiary alicyclic amines) is 1. The highest BCUT2D eigenvalue weighted by molar-refractivity contribution is 7.91. The van der Waals surface area contributed by atoms with Crippen molar-refractivity contribution >= 4 is 38.9 Å². The van der Waals surface area contributed by atoms with Crippen molar-refractivity contribution in [3.8, 4) is 0 Å². The van der Waals surface area contributed by atoms with E-state index in [0.717, 1.165) is 31.7 Å². The minimum atomic E-state index is -3.34. The summed E-state index contributed by atoms with van der Waals surface area (Å²) in [5.74, 6) is 0.887. The molecule has 1 unspecified atom stereocenters. The van der Waals surface area contributed by atoms with E-state index in [0.29, 0.717) is 23.8 Å². The van der Waals surface area contributed by atoms with E-state index in [1.165, 1.54) is 12.3 Å². The number of nitrogens with zero attached hydrogens (tertiary/aromatic N) is 5. The van der Waals surface area contributed by atoms with E-state index < -0.39 is 9.84 Å². The van der Waals surface area contributed by atoms with Gasteiger partial charge < -0.3 is 15.1 Å². The predicted octanol–water partition coefficient (Wildman–Crippen LogP) is 2.00. The number of hydrogen-bond donors (Lipinski definition) is 1. The smallest absolute Gasteiger partial charge is 0.245 e. The maximum atomic E-state index is 13.0. The van der Waals surface area contributed by atoms with E-state index in [-0.39, 0.29) is 28.8 Å². The number of anilines is 2. The van der Waals surface area contributed by atoms with Crippen LogP contribution in [0, 0.1) is 0 Å². The zero-order chi connectivity index (χ0) is 22.0. The molecule has 0 aliphatic carbocycles. The summed E-state index contributed by atoms with van der Waals surface area (Å²) < 4.78 is 23.8. The molecule has 0 saturated carbocycles. The van der Waals surface area contributed by atoms with Crippen LogP contribution in [-0.4, -0.2) is 71.6 Å². The molecule has 166 valence electrons. The van der Waals surface area contributed by atoms with Crippen molar-refractivity contribution in [2.45, 2.75) is 43.3 Å². The molecule has 1 N–H and O–H groups in total. The molecule has 31 heavy (non-hydrogen) atoms. The predicted molar refractivity (Wildman–Crippen MR) is 118 cm³/mol. The van der Waals surface area contributed by atoms with Crippen LogP contribution in [0.5, 0.6) is 0 Å². The van der Waals surface area contributed by atoms with Gasteiger partial charge >= 0.3 is 0 Å². The lowest BCUT2D eigenvalue weighted by molar-refractivity contribution is -0.130. The molecule has 4 heterocycles. The second-order valence-electron chi connectivity index (χ2n) is 7.72. The average molecular weight is 465 g/mol. The first-order valence-corrected chi connectivity index (χ1v) is 12.4. The molecule has 9 nitrogen and oxygen atoms in total. The number of hydrogen-bond acceptors (Lipinski definition) is 8. The highest BCUT2D eigenvalue weighted by Gasteiger charge is 2.37. The van der Waals surface area contributed by atoms with Crippen molar-refractivity contribution in [3.05, 3.63) is 35.9 Å². The molecular weight excluding hydrogens is 440 g/mol. The SMILES string of the molecule is CCS(=O)(=O)c1ccc(NC2CCN(C3CCN(c4cnc(Cl)cn4)CC3)C2=O)cn1. The molecule has 0 aromatic carbocycles. The molecule has 2 aliphatic heterocycles. The molecule has 0 bridgehead atoms. The minimum absolute atomic E-state index is 0.00621. The molecule has 2 aromatic heterocycles. The second kappa shape index (κ2) is 8.96. The second-order valence-corrected chi connectivity index (χ2v) is 10.3. The van der Waals surface area contributed by atoms with Crippen molar-refractivity contribution in [3.63, 3.8) is 0 Å². The fourth-order valence-electron chi connectivity index (χ4n) is 4.07. The highest BCUT2D eigenvalue weighted by Crippen LogP contribution is 2.26. The molecule has 0 spiro atoms. The van der Waals surface area contributed by atoms with Gasteiger partial charge in [-0.25, -0.2) is 23.4 Å². The Hall–Kier alpha value is -2.46. The number of pyridine rings is 1. The van der Waals surface area contributed by atoms with Gasteiger partial charge in [-0.15, -0.1) is 0 Å². The molecule has 1 amide bonds. The van der Waals surface area contributed by atoms with Crippen LogP contribution in [0.2, 0.25) is 5.15 Å². The Morgan fingerprint density at radius 3 is 2.45 bits per heavy atom. The van der Waals surface area contributed by atoms with E-state index in [4.69, 9.17) is 11.6 Å². The molecule has 4 rings (SSSR count). The normalized spacial score (nSPS) is 20.3. The molecule has 1 atom stereocenters. The van der Waals surface area contributed by atoms with Gasteiger partial charge in [-0.3, -0.25) is 4.79 Å². The van der Waals surface area contributed by atoms with Gasteiger partial charge in [-0.1, -0.05) is 18.5 Å². The van der Waals surface area contributed by atoms with Gasteiger partial charge in [-0.2, -0.15) is 0 Å². The summed E-state index contributed by atoms with van der Waals surface area (Å²) in [7, 11) is -3.34. The van der Waals surface area contributed by atoms with Crippen molar-refractivity contribution in [2.75, 3.05) is 35.6 Å². The summed E-state index contributed by atoms with van der Waals surface area (Å²) in [5, 5.41) is 3.63. The van der Waals surface area contributed by atoms with Gasteiger partial charge in [0.15, 0.2) is 14.9 Å². The number of carbonyl (C=O) groups is 1. The first kappa shape index (κ1) is 21.8. The maximum absolute atomic E-state index is 13.0. The summed E-state index contributed by atoms with van der Waals surface area (Å²) >= 11 is 5.81. The quantitative estimate of drug-likeness (QED) is 0.691. The van der Waals surface area contributed by atoms with Crippen LogP contribution < -0.4 is 10.2 Å². The number of sulfone groups is 1. The zero-order valence-electron chi connectivity index (χ0n) is 17.2. The van der Waals surface area contributed by atoms with Gasteiger partial charge in [0, 0.05) is 25.7 Å². The van der Waals surface area contributed by atoms with Gasteiger partial charge in [-0.05, 0) is 31.4 Å². The Kier molecular flexibility index (Phi) is 6.29. The first-order valence-electron chi connectivity index (χ1n) is 10.4. The van der Waals surface area contributed by atoms with Gasteiger partial charge in [0.05, 0.1) is 30.0 Å². The van der Waals surface area contributed by atoms with E-state index in [9.17, 15) is 13.2 Å². The fraction of sp³-hybridized carbons (Fsp3) is 0.500. The van der Waals surface area contributed by atoms with Crippen LogP contribution in [0.3, 0.4) is 0 Å². The summed E-state index contributed by atoms with van der Waals surface area (Å²) in [5.41, 5.74) is 0.645. The highest BCUT2D eigenvalue weighted by atomic mass is 35.5. The van der Waals surface area contributed by atoms with Gasteiger partial charge in [0.2, 0.25) is 5.91 Å². The Bertz CT molecular complexity index is 1020. The van der Waals surface area contributed by atoms with Crippen molar-refractivity contribution < 1.29 is 13.2 Å². The van der Waals surface area contributed by atoms with Crippen molar-refractivity contribution in [1.82, 2.24) is 19.9 Å². The van der Waals surface area contributed by atoms with Crippen LogP contribution in [-0.2, 0) is 14.6 Å². The third kappa shape index (κ3) is 4.74. The summed E-state index contributed by atoms with van der Waals surface area (Å²) in [6.07, 6.45) is 7.14. The van der Waals surface area contributed by atoms with E-state index in [2.05, 4.69) is 25.2 Å². The number of nitrogens with one attached hydrogen (secondary N) is 1. The van der Waals surface area contributed by atoms with Gasteiger partial charge in [0.1, 0.15) is 17.0 Å². The summed E-state index contributed by atoms with van der Waals surface area (Å²) in [4.78, 5) is 29.5. The van der Waals surface area contributed by atoms with Crippen molar-refractivity contribution in [2.24, 2.45) is 0 Å². The standard InChI is InChI=1S/C20H25ClN6O3S/c1-2-31(29,30)19-4-3-14(11-24-19)25-16-7-10-27(20(16)28)15-5-8-26(9-6-15)18-13-22-17(21)12-23-18/h3-4,11-13,15-16,25H,2,5-10H2,1H3. The fourth-order valence-corrected chi connectivity index (χ4v) is 4.95. The van der Waals surface area contributed by atoms with Crippen LogP contribution in [0.25, 0.3) is 0 Å². The Balaban J connectivity index is 1.33. The van der Waals surface area contributed by atoms with E-state index in [1.54, 1.807) is 25.4 Å². The number of carbonyl (C=O) groups excluding carboxylic acids is 1. The average Bonchev–Trinajstić information content (AvgIpc) is 3.15. The lowest BCUT2D eigenvalue weighted by Gasteiger charge is -2.37. The monoisotopic (exact) mass is 464 g/mol. The molecule has 0 radical (unpaired) electrons. The van der Waals surface area contributed by atoms with Crippen LogP contribution >= 0.6 is 11.6 Å². The number of amides is 1. The lowest BCUT2D eigenvalue weighted by atomic mass is 10.0. The van der Waals surface area contributed by atoms with Gasteiger partial charge in [0.25, 0.3) is 0 Å². The number of halogens is 1. The van der Waals surface area contributed by atoms with Crippen LogP contribution in [0.4, 0.5) is 11.5 Å².